The van der Waals surface area contributed by atoms with Gasteiger partial charge in [-0.1, -0.05) is 13.8 Å². The fourth-order valence-electron chi connectivity index (χ4n) is 1.94. The van der Waals surface area contributed by atoms with E-state index >= 15 is 0 Å². The number of aliphatic hydroxyl groups excluding tert-OH is 2. The van der Waals surface area contributed by atoms with Gasteiger partial charge in [-0.2, -0.15) is 0 Å². The van der Waals surface area contributed by atoms with E-state index in [1.54, 1.807) is 0 Å². The molecule has 0 aromatic rings. The van der Waals surface area contributed by atoms with E-state index < -0.39 is 0 Å². The van der Waals surface area contributed by atoms with Gasteiger partial charge in [0, 0.05) is 32.2 Å². The van der Waals surface area contributed by atoms with Crippen LogP contribution in [0.5, 0.6) is 0 Å². The summed E-state index contributed by atoms with van der Waals surface area (Å²) in [6, 6.07) is 0.0642. The molecule has 1 unspecified atom stereocenters. The van der Waals surface area contributed by atoms with Crippen molar-refractivity contribution in [2.45, 2.75) is 26.0 Å². The van der Waals surface area contributed by atoms with Crippen LogP contribution in [0, 0.1) is 5.92 Å². The van der Waals surface area contributed by atoms with E-state index in [-0.39, 0.29) is 18.8 Å². The van der Waals surface area contributed by atoms with Crippen molar-refractivity contribution < 1.29 is 14.9 Å². The fourth-order valence-corrected chi connectivity index (χ4v) is 1.94. The first kappa shape index (κ1) is 14.9. The molecule has 17 heavy (non-hydrogen) atoms. The average Bonchev–Trinajstić information content (AvgIpc) is 2.30. The molecule has 3 N–H and O–H groups in total. The Morgan fingerprint density at radius 2 is 1.94 bits per heavy atom. The van der Waals surface area contributed by atoms with Crippen LogP contribution in [0.2, 0.25) is 0 Å². The van der Waals surface area contributed by atoms with Gasteiger partial charge in [-0.15, -0.1) is 0 Å². The summed E-state index contributed by atoms with van der Waals surface area (Å²) in [7, 11) is 0. The van der Waals surface area contributed by atoms with Gasteiger partial charge < -0.3 is 20.3 Å². The van der Waals surface area contributed by atoms with Crippen molar-refractivity contribution >= 4 is 0 Å². The van der Waals surface area contributed by atoms with Crippen LogP contribution in [-0.4, -0.2) is 73.3 Å². The van der Waals surface area contributed by atoms with Crippen LogP contribution in [0.3, 0.4) is 0 Å². The van der Waals surface area contributed by atoms with Crippen molar-refractivity contribution in [3.05, 3.63) is 0 Å². The van der Waals surface area contributed by atoms with E-state index in [0.717, 1.165) is 26.3 Å². The zero-order chi connectivity index (χ0) is 12.7. The quantitative estimate of drug-likeness (QED) is 0.554. The van der Waals surface area contributed by atoms with Gasteiger partial charge in [0.05, 0.1) is 25.9 Å². The number of morpholine rings is 1. The largest absolute Gasteiger partial charge is 0.395 e. The zero-order valence-corrected chi connectivity index (χ0v) is 10.9. The first-order valence-electron chi connectivity index (χ1n) is 6.46. The zero-order valence-electron chi connectivity index (χ0n) is 10.9. The first-order chi connectivity index (χ1) is 8.13. The number of nitrogens with one attached hydrogen (secondary N) is 1. The maximum Gasteiger partial charge on any atom is 0.0791 e. The molecule has 102 valence electrons. The Hall–Kier alpha value is -0.200. The van der Waals surface area contributed by atoms with E-state index in [9.17, 15) is 5.11 Å². The highest BCUT2D eigenvalue weighted by Gasteiger charge is 2.17. The summed E-state index contributed by atoms with van der Waals surface area (Å²) in [6.07, 6.45) is -0.388. The molecule has 5 nitrogen and oxygen atoms in total. The van der Waals surface area contributed by atoms with E-state index in [0.29, 0.717) is 19.0 Å². The molecule has 1 saturated heterocycles. The molecule has 1 aliphatic heterocycles. The van der Waals surface area contributed by atoms with Gasteiger partial charge in [-0.25, -0.2) is 0 Å². The van der Waals surface area contributed by atoms with Crippen molar-refractivity contribution in [2.75, 3.05) is 46.0 Å². The average molecular weight is 246 g/mol. The second-order valence-corrected chi connectivity index (χ2v) is 5.01. The van der Waals surface area contributed by atoms with Gasteiger partial charge in [0.15, 0.2) is 0 Å². The molecule has 0 amide bonds. The van der Waals surface area contributed by atoms with Crippen LogP contribution in [0.4, 0.5) is 0 Å². The summed E-state index contributed by atoms with van der Waals surface area (Å²) in [6.45, 7) is 8.73. The third-order valence-corrected chi connectivity index (χ3v) is 3.19. The number of hydrogen-bond donors (Lipinski definition) is 3. The Kier molecular flexibility index (Phi) is 6.99. The van der Waals surface area contributed by atoms with Gasteiger partial charge in [-0.05, 0) is 5.92 Å². The molecule has 0 bridgehead atoms. The topological polar surface area (TPSA) is 65.0 Å². The minimum Gasteiger partial charge on any atom is -0.395 e. The first-order valence-corrected chi connectivity index (χ1v) is 6.46. The van der Waals surface area contributed by atoms with E-state index in [1.165, 1.54) is 0 Å². The predicted octanol–water partition coefficient (Wildman–Crippen LogP) is -0.714. The number of β-amino-alcohol motifs (C(OH)–C–C–N with tert-alkyl or cyclic N) is 1. The molecule has 1 rings (SSSR count). The third kappa shape index (κ3) is 5.79. The Bertz CT molecular complexity index is 196. The molecule has 0 aromatic carbocycles. The standard InChI is InChI=1S/C12H26N2O3/c1-10(2)12(9-15)13-7-11(16)8-14-3-5-17-6-4-14/h10-13,15-16H,3-9H2,1-2H3/t11?,12-/m1/s1. The molecule has 0 aromatic heterocycles. The lowest BCUT2D eigenvalue weighted by Crippen LogP contribution is -2.47. The van der Waals surface area contributed by atoms with Crippen LogP contribution in [0.1, 0.15) is 13.8 Å². The van der Waals surface area contributed by atoms with Crippen LogP contribution < -0.4 is 5.32 Å². The monoisotopic (exact) mass is 246 g/mol. The summed E-state index contributed by atoms with van der Waals surface area (Å²) in [5.41, 5.74) is 0. The van der Waals surface area contributed by atoms with Crippen LogP contribution in [-0.2, 0) is 4.74 Å². The Morgan fingerprint density at radius 1 is 1.29 bits per heavy atom. The molecule has 1 heterocycles. The maximum atomic E-state index is 9.90. The molecular weight excluding hydrogens is 220 g/mol. The molecular formula is C12H26N2O3. The SMILES string of the molecule is CC(C)[C@@H](CO)NCC(O)CN1CCOCC1. The van der Waals surface area contributed by atoms with Gasteiger partial charge in [0.2, 0.25) is 0 Å². The van der Waals surface area contributed by atoms with E-state index in [2.05, 4.69) is 24.1 Å². The highest BCUT2D eigenvalue weighted by molar-refractivity contribution is 4.74. The van der Waals surface area contributed by atoms with Crippen molar-refractivity contribution in [3.63, 3.8) is 0 Å². The molecule has 0 aliphatic carbocycles. The fraction of sp³-hybridized carbons (Fsp3) is 1.00. The van der Waals surface area contributed by atoms with E-state index in [4.69, 9.17) is 9.84 Å². The summed E-state index contributed by atoms with van der Waals surface area (Å²) in [5.74, 6) is 0.371. The molecule has 0 saturated carbocycles. The Morgan fingerprint density at radius 3 is 2.47 bits per heavy atom. The molecule has 0 radical (unpaired) electrons. The number of hydrogen-bond acceptors (Lipinski definition) is 5. The van der Waals surface area contributed by atoms with Crippen LogP contribution in [0.25, 0.3) is 0 Å². The molecule has 0 spiro atoms. The highest BCUT2D eigenvalue weighted by atomic mass is 16.5. The predicted molar refractivity (Wildman–Crippen MR) is 67.0 cm³/mol. The number of aliphatic hydroxyl groups is 2. The van der Waals surface area contributed by atoms with Gasteiger partial charge >= 0.3 is 0 Å². The van der Waals surface area contributed by atoms with Gasteiger partial charge in [0.25, 0.3) is 0 Å². The lowest BCUT2D eigenvalue weighted by Gasteiger charge is -2.29. The minimum absolute atomic E-state index is 0.0642. The van der Waals surface area contributed by atoms with Gasteiger partial charge in [0.1, 0.15) is 0 Å². The van der Waals surface area contributed by atoms with Crippen molar-refractivity contribution in [1.29, 1.82) is 0 Å². The van der Waals surface area contributed by atoms with Crippen LogP contribution in [0.15, 0.2) is 0 Å². The van der Waals surface area contributed by atoms with E-state index in [1.807, 2.05) is 0 Å². The van der Waals surface area contributed by atoms with Crippen molar-refractivity contribution in [2.24, 2.45) is 5.92 Å². The number of rotatable bonds is 7. The van der Waals surface area contributed by atoms with Gasteiger partial charge in [-0.3, -0.25) is 4.90 Å². The lowest BCUT2D eigenvalue weighted by molar-refractivity contribution is 0.0137. The molecule has 1 aliphatic rings. The smallest absolute Gasteiger partial charge is 0.0791 e. The normalized spacial score (nSPS) is 21.7. The summed E-state index contributed by atoms with van der Waals surface area (Å²) < 4.78 is 5.26. The highest BCUT2D eigenvalue weighted by Crippen LogP contribution is 2.02. The summed E-state index contributed by atoms with van der Waals surface area (Å²) in [5, 5.41) is 22.3. The molecule has 2 atom stereocenters. The van der Waals surface area contributed by atoms with Crippen LogP contribution >= 0.6 is 0 Å². The molecule has 5 heteroatoms. The molecule has 1 fully saturated rings. The maximum absolute atomic E-state index is 9.90. The Labute approximate surface area is 104 Å². The summed E-state index contributed by atoms with van der Waals surface area (Å²) in [4.78, 5) is 2.21. The lowest BCUT2D eigenvalue weighted by atomic mass is 10.1. The summed E-state index contributed by atoms with van der Waals surface area (Å²) >= 11 is 0. The Balaban J connectivity index is 2.17. The van der Waals surface area contributed by atoms with Crippen molar-refractivity contribution in [1.82, 2.24) is 10.2 Å². The third-order valence-electron chi connectivity index (χ3n) is 3.19. The second kappa shape index (κ2) is 8.00. The number of ether oxygens (including phenoxy) is 1. The van der Waals surface area contributed by atoms with Crippen molar-refractivity contribution in [3.8, 4) is 0 Å². The number of nitrogens with zero attached hydrogens (tertiary/aromatic N) is 1. The second-order valence-electron chi connectivity index (χ2n) is 5.01. The minimum atomic E-state index is -0.388.